The summed E-state index contributed by atoms with van der Waals surface area (Å²) in [5.74, 6) is 2.15. The number of nitrogens with zero attached hydrogens (tertiary/aromatic N) is 3. The number of ether oxygens (including phenoxy) is 2. The Morgan fingerprint density at radius 3 is 2.55 bits per heavy atom. The molecular formula is C22H26N4O2S. The predicted molar refractivity (Wildman–Crippen MR) is 117 cm³/mol. The highest BCUT2D eigenvalue weighted by Crippen LogP contribution is 2.29. The number of aromatic nitrogens is 3. The van der Waals surface area contributed by atoms with Crippen LogP contribution in [0.3, 0.4) is 0 Å². The van der Waals surface area contributed by atoms with Crippen molar-refractivity contribution in [1.82, 2.24) is 14.9 Å². The number of H-pyrrole nitrogens is 1. The van der Waals surface area contributed by atoms with Crippen molar-refractivity contribution in [3.8, 4) is 11.5 Å². The molecule has 0 unspecified atom stereocenters. The molecule has 0 saturated heterocycles. The summed E-state index contributed by atoms with van der Waals surface area (Å²) in [7, 11) is 0. The second kappa shape index (κ2) is 9.05. The standard InChI is InChI=1S/C22H26N4O2S/c1-5-27-19-13-17(11-12-18(19)28-15-16-9-7-6-8-10-16)14-23-26-20(22(2,3)4)24-25-21(26)29/h6-14H,5,15H2,1-4H3,(H,25,29)/b23-14-. The molecule has 0 amide bonds. The van der Waals surface area contributed by atoms with Crippen LogP contribution in [0.2, 0.25) is 0 Å². The molecule has 0 radical (unpaired) electrons. The highest BCUT2D eigenvalue weighted by Gasteiger charge is 2.21. The van der Waals surface area contributed by atoms with Crippen LogP contribution in [0.4, 0.5) is 0 Å². The molecule has 3 rings (SSSR count). The SMILES string of the molecule is CCOc1cc(/C=N\n2c(C(C)(C)C)n[nH]c2=S)ccc1OCc1ccccc1. The number of aromatic amines is 1. The molecule has 0 aliphatic heterocycles. The monoisotopic (exact) mass is 410 g/mol. The van der Waals surface area contributed by atoms with E-state index in [0.29, 0.717) is 29.5 Å². The Kier molecular flexibility index (Phi) is 6.49. The molecule has 1 heterocycles. The summed E-state index contributed by atoms with van der Waals surface area (Å²) in [4.78, 5) is 0. The maximum Gasteiger partial charge on any atom is 0.216 e. The van der Waals surface area contributed by atoms with Crippen molar-refractivity contribution in [2.75, 3.05) is 6.61 Å². The zero-order valence-electron chi connectivity index (χ0n) is 17.2. The zero-order valence-corrected chi connectivity index (χ0v) is 18.0. The Bertz CT molecular complexity index is 1030. The van der Waals surface area contributed by atoms with E-state index in [4.69, 9.17) is 21.7 Å². The Balaban J connectivity index is 1.82. The van der Waals surface area contributed by atoms with E-state index in [1.54, 1.807) is 10.9 Å². The van der Waals surface area contributed by atoms with Crippen LogP contribution in [0.5, 0.6) is 11.5 Å². The smallest absolute Gasteiger partial charge is 0.216 e. The number of hydrogen-bond acceptors (Lipinski definition) is 5. The lowest BCUT2D eigenvalue weighted by Gasteiger charge is -2.16. The van der Waals surface area contributed by atoms with E-state index in [1.807, 2.05) is 55.5 Å². The van der Waals surface area contributed by atoms with Gasteiger partial charge in [-0.1, -0.05) is 51.1 Å². The topological polar surface area (TPSA) is 64.4 Å². The van der Waals surface area contributed by atoms with Crippen LogP contribution in [0.15, 0.2) is 53.6 Å². The van der Waals surface area contributed by atoms with Gasteiger partial charge in [-0.2, -0.15) is 14.9 Å². The molecule has 29 heavy (non-hydrogen) atoms. The fraction of sp³-hybridized carbons (Fsp3) is 0.318. The van der Waals surface area contributed by atoms with Gasteiger partial charge >= 0.3 is 0 Å². The lowest BCUT2D eigenvalue weighted by molar-refractivity contribution is 0.269. The number of rotatable bonds is 7. The Morgan fingerprint density at radius 2 is 1.86 bits per heavy atom. The van der Waals surface area contributed by atoms with Gasteiger partial charge in [0.15, 0.2) is 17.3 Å². The van der Waals surface area contributed by atoms with E-state index in [1.165, 1.54) is 0 Å². The van der Waals surface area contributed by atoms with Gasteiger partial charge < -0.3 is 9.47 Å². The summed E-state index contributed by atoms with van der Waals surface area (Å²) >= 11 is 5.31. The van der Waals surface area contributed by atoms with Crippen molar-refractivity contribution in [3.63, 3.8) is 0 Å². The molecule has 2 aromatic carbocycles. The van der Waals surface area contributed by atoms with Crippen LogP contribution in [0.25, 0.3) is 0 Å². The Labute approximate surface area is 176 Å². The van der Waals surface area contributed by atoms with E-state index >= 15 is 0 Å². The fourth-order valence-corrected chi connectivity index (χ4v) is 2.92. The van der Waals surface area contributed by atoms with E-state index in [2.05, 4.69) is 36.1 Å². The molecule has 6 nitrogen and oxygen atoms in total. The first kappa shape index (κ1) is 20.8. The molecule has 0 spiro atoms. The van der Waals surface area contributed by atoms with Crippen LogP contribution in [0.1, 0.15) is 44.6 Å². The third kappa shape index (κ3) is 5.32. The van der Waals surface area contributed by atoms with Crippen LogP contribution in [-0.4, -0.2) is 27.7 Å². The molecule has 0 bridgehead atoms. The summed E-state index contributed by atoms with van der Waals surface area (Å²) in [5, 5.41) is 11.6. The normalized spacial score (nSPS) is 11.7. The molecular weight excluding hydrogens is 384 g/mol. The second-order valence-electron chi connectivity index (χ2n) is 7.57. The van der Waals surface area contributed by atoms with Crippen LogP contribution in [0, 0.1) is 4.77 Å². The average Bonchev–Trinajstić information content (AvgIpc) is 3.07. The van der Waals surface area contributed by atoms with E-state index < -0.39 is 0 Å². The summed E-state index contributed by atoms with van der Waals surface area (Å²) < 4.78 is 13.8. The highest BCUT2D eigenvalue weighted by atomic mass is 32.1. The number of benzene rings is 2. The van der Waals surface area contributed by atoms with Gasteiger partial charge in [0.05, 0.1) is 12.8 Å². The summed E-state index contributed by atoms with van der Waals surface area (Å²) in [6, 6.07) is 15.8. The van der Waals surface area contributed by atoms with Crippen molar-refractivity contribution in [1.29, 1.82) is 0 Å². The first-order valence-corrected chi connectivity index (χ1v) is 9.95. The zero-order chi connectivity index (χ0) is 20.9. The van der Waals surface area contributed by atoms with Gasteiger partial charge in [-0.15, -0.1) is 0 Å². The third-order valence-electron chi connectivity index (χ3n) is 4.15. The highest BCUT2D eigenvalue weighted by molar-refractivity contribution is 7.71. The molecule has 0 aliphatic carbocycles. The van der Waals surface area contributed by atoms with Crippen LogP contribution < -0.4 is 9.47 Å². The first-order valence-electron chi connectivity index (χ1n) is 9.54. The van der Waals surface area contributed by atoms with Gasteiger partial charge in [0.1, 0.15) is 6.61 Å². The van der Waals surface area contributed by atoms with E-state index in [-0.39, 0.29) is 5.41 Å². The molecule has 3 aromatic rings. The molecule has 0 saturated carbocycles. The van der Waals surface area contributed by atoms with E-state index in [0.717, 1.165) is 17.0 Å². The number of hydrogen-bond donors (Lipinski definition) is 1. The van der Waals surface area contributed by atoms with Gasteiger partial charge in [-0.25, -0.2) is 0 Å². The molecule has 0 fully saturated rings. The molecule has 0 aliphatic rings. The number of nitrogens with one attached hydrogen (secondary N) is 1. The lowest BCUT2D eigenvalue weighted by Crippen LogP contribution is -2.17. The minimum atomic E-state index is -0.184. The summed E-state index contributed by atoms with van der Waals surface area (Å²) in [6.45, 7) is 9.17. The maximum absolute atomic E-state index is 5.96. The Morgan fingerprint density at radius 1 is 1.10 bits per heavy atom. The predicted octanol–water partition coefficient (Wildman–Crippen LogP) is 5.10. The van der Waals surface area contributed by atoms with Crippen molar-refractivity contribution in [2.24, 2.45) is 5.10 Å². The largest absolute Gasteiger partial charge is 0.490 e. The van der Waals surface area contributed by atoms with Crippen molar-refractivity contribution < 1.29 is 9.47 Å². The third-order valence-corrected chi connectivity index (χ3v) is 4.41. The maximum atomic E-state index is 5.96. The minimum absolute atomic E-state index is 0.184. The average molecular weight is 411 g/mol. The van der Waals surface area contributed by atoms with Gasteiger partial charge in [0.25, 0.3) is 0 Å². The van der Waals surface area contributed by atoms with Crippen LogP contribution >= 0.6 is 12.2 Å². The Hall–Kier alpha value is -2.93. The summed E-state index contributed by atoms with van der Waals surface area (Å²) in [5.41, 5.74) is 1.80. The summed E-state index contributed by atoms with van der Waals surface area (Å²) in [6.07, 6.45) is 1.74. The quantitative estimate of drug-likeness (QED) is 0.435. The van der Waals surface area contributed by atoms with Crippen molar-refractivity contribution in [3.05, 3.63) is 70.3 Å². The molecule has 1 N–H and O–H groups in total. The van der Waals surface area contributed by atoms with Gasteiger partial charge in [-0.05, 0) is 48.5 Å². The fourth-order valence-electron chi connectivity index (χ4n) is 2.74. The molecule has 7 heteroatoms. The van der Waals surface area contributed by atoms with Crippen molar-refractivity contribution in [2.45, 2.75) is 39.7 Å². The molecule has 0 atom stereocenters. The van der Waals surface area contributed by atoms with Crippen LogP contribution in [-0.2, 0) is 12.0 Å². The van der Waals surface area contributed by atoms with Gasteiger partial charge in [0.2, 0.25) is 4.77 Å². The molecule has 152 valence electrons. The minimum Gasteiger partial charge on any atom is -0.490 e. The first-order chi connectivity index (χ1) is 13.9. The van der Waals surface area contributed by atoms with E-state index in [9.17, 15) is 0 Å². The van der Waals surface area contributed by atoms with Crippen molar-refractivity contribution >= 4 is 18.4 Å². The molecule has 1 aromatic heterocycles. The van der Waals surface area contributed by atoms with Gasteiger partial charge in [-0.3, -0.25) is 5.10 Å². The lowest BCUT2D eigenvalue weighted by atomic mass is 9.96. The second-order valence-corrected chi connectivity index (χ2v) is 7.96. The van der Waals surface area contributed by atoms with Gasteiger partial charge in [0, 0.05) is 5.41 Å².